The van der Waals surface area contributed by atoms with Crippen LogP contribution in [0.25, 0.3) is 0 Å². The number of carbonyl (C=O) groups is 10. The van der Waals surface area contributed by atoms with Crippen molar-refractivity contribution in [2.75, 3.05) is 31.1 Å². The van der Waals surface area contributed by atoms with Crippen LogP contribution in [0, 0.1) is 0 Å². The molecule has 0 saturated carbocycles. The number of halogens is 1. The normalized spacial score (nSPS) is 18.4. The van der Waals surface area contributed by atoms with Gasteiger partial charge >= 0.3 is 0 Å². The van der Waals surface area contributed by atoms with Crippen LogP contribution >= 0.6 is 33.2 Å². The number of unbranched alkanes of at least 4 members (excludes halogenated alkanes) is 1. The van der Waals surface area contributed by atoms with Crippen molar-refractivity contribution in [3.63, 3.8) is 0 Å². The Hall–Kier alpha value is -5.86. The van der Waals surface area contributed by atoms with E-state index in [4.69, 9.17) is 44.1 Å². The lowest BCUT2D eigenvalue weighted by atomic mass is 10.0. The molecule has 1 aromatic rings. The SMILES string of the molecule is CC(=O)NC(C)(C)C(=O)NC(Cc1ccc(Cl)cc1)C(N)=O.CCC1NC(=O)C(C)(C)NC(=O)C(CCCN=C(N)N)NC(=O)C(CCCCN)NC(=O)CCSSCCNC1=O.NC=O.NC=O. The minimum atomic E-state index is -1.41. The predicted octanol–water partition coefficient (Wildman–Crippen LogP) is -2.20. The van der Waals surface area contributed by atoms with Gasteiger partial charge in [0.25, 0.3) is 0 Å². The Morgan fingerprint density at radius 2 is 1.43 bits per heavy atom. The molecule has 0 aromatic heterocycles. The molecule has 1 aliphatic rings. The van der Waals surface area contributed by atoms with Crippen LogP contribution in [0.15, 0.2) is 29.3 Å². The zero-order valence-corrected chi connectivity index (χ0v) is 42.5. The van der Waals surface area contributed by atoms with Crippen LogP contribution < -0.4 is 71.6 Å². The molecule has 1 aromatic carbocycles. The van der Waals surface area contributed by atoms with Gasteiger partial charge < -0.3 is 71.6 Å². The van der Waals surface area contributed by atoms with E-state index in [1.165, 1.54) is 42.4 Å². The molecule has 19 N–H and O–H groups in total. The summed E-state index contributed by atoms with van der Waals surface area (Å²) in [5.41, 5.74) is 28.3. The molecule has 0 bridgehead atoms. The molecule has 69 heavy (non-hydrogen) atoms. The summed E-state index contributed by atoms with van der Waals surface area (Å²) in [6.07, 6.45) is 3.47. The van der Waals surface area contributed by atoms with Crippen LogP contribution in [0.2, 0.25) is 5.02 Å². The van der Waals surface area contributed by atoms with Crippen molar-refractivity contribution >= 4 is 99.2 Å². The number of amides is 10. The van der Waals surface area contributed by atoms with Gasteiger partial charge in [-0.05, 0) is 90.5 Å². The number of hydrogen-bond acceptors (Lipinski definition) is 14. The second-order valence-corrected chi connectivity index (χ2v) is 19.1. The molecule has 24 nitrogen and oxygen atoms in total. The van der Waals surface area contributed by atoms with Gasteiger partial charge in [0, 0.05) is 49.4 Å². The van der Waals surface area contributed by atoms with Gasteiger partial charge in [-0.2, -0.15) is 0 Å². The van der Waals surface area contributed by atoms with Gasteiger partial charge in [0.05, 0.1) is 0 Å². The molecular weight excluding hydrogens is 960 g/mol. The van der Waals surface area contributed by atoms with E-state index in [9.17, 15) is 38.4 Å². The summed E-state index contributed by atoms with van der Waals surface area (Å²) in [5, 5.41) is 19.4. The van der Waals surface area contributed by atoms with Crippen LogP contribution in [0.5, 0.6) is 0 Å². The van der Waals surface area contributed by atoms with Crippen molar-refractivity contribution in [2.45, 2.75) is 128 Å². The number of nitrogens with zero attached hydrogens (tertiary/aromatic N) is 1. The van der Waals surface area contributed by atoms with E-state index in [-0.39, 0.29) is 62.3 Å². The number of primary amides is 3. The van der Waals surface area contributed by atoms with Crippen LogP contribution in [-0.2, 0) is 54.4 Å². The van der Waals surface area contributed by atoms with Crippen molar-refractivity contribution < 1.29 is 47.9 Å². The molecule has 1 fully saturated rings. The standard InChI is InChI=1S/C25H47N9O5S2.C15H20ClN3O3.2CH3NO/c1-4-16-20(36)29-13-15-41-40-14-10-19(35)31-17(8-5-6-11-26)21(37)32-18(9-7-12-30-24(27)28)22(38)34-25(2,3)23(39)33-16;1-9(20)19-15(2,3)14(22)18-12(13(17)21)8-10-4-6-11(16)7-5-10;2*2-1-3/h16-18H,4-15,26H2,1-3H3,(H,29,36)(H,31,35)(H,32,37)(H,33,39)(H,34,38)(H4,27,28,30);4-7,12H,8H2,1-3H3,(H2,17,21)(H,18,22)(H,19,20);2*1H,(H2,2,3). The third kappa shape index (κ3) is 30.3. The highest BCUT2D eigenvalue weighted by Gasteiger charge is 2.36. The largest absolute Gasteiger partial charge is 0.372 e. The number of guanidine groups is 1. The Kier molecular flexibility index (Phi) is 34.2. The number of nitrogens with one attached hydrogen (secondary N) is 7. The molecule has 0 aliphatic carbocycles. The zero-order valence-electron chi connectivity index (χ0n) is 40.2. The van der Waals surface area contributed by atoms with Gasteiger partial charge in [-0.15, -0.1) is 0 Å². The van der Waals surface area contributed by atoms with Gasteiger partial charge in [-0.3, -0.25) is 52.9 Å². The average molecular weight is 1030 g/mol. The molecule has 1 heterocycles. The van der Waals surface area contributed by atoms with E-state index in [0.29, 0.717) is 61.7 Å². The van der Waals surface area contributed by atoms with E-state index >= 15 is 0 Å². The van der Waals surface area contributed by atoms with E-state index in [1.54, 1.807) is 45.0 Å². The molecule has 4 unspecified atom stereocenters. The Balaban J connectivity index is 0. The van der Waals surface area contributed by atoms with Crippen molar-refractivity contribution in [2.24, 2.45) is 39.4 Å². The van der Waals surface area contributed by atoms with Crippen LogP contribution in [0.3, 0.4) is 0 Å². The summed E-state index contributed by atoms with van der Waals surface area (Å²) in [6.45, 7) is 10.3. The lowest BCUT2D eigenvalue weighted by Gasteiger charge is -2.30. The molecule has 1 aliphatic heterocycles. The fourth-order valence-corrected chi connectivity index (χ4v) is 7.75. The quantitative estimate of drug-likeness (QED) is 0.0292. The van der Waals surface area contributed by atoms with Gasteiger partial charge in [0.1, 0.15) is 35.2 Å². The third-order valence-electron chi connectivity index (χ3n) is 9.25. The molecule has 0 spiro atoms. The monoisotopic (exact) mass is 1030 g/mol. The van der Waals surface area contributed by atoms with Crippen molar-refractivity contribution in [1.29, 1.82) is 0 Å². The Morgan fingerprint density at radius 3 is 1.97 bits per heavy atom. The lowest BCUT2D eigenvalue weighted by Crippen LogP contribution is -2.62. The Morgan fingerprint density at radius 1 is 0.870 bits per heavy atom. The zero-order chi connectivity index (χ0) is 53.2. The number of aliphatic imine (C=N–C) groups is 1. The number of benzene rings is 1. The third-order valence-corrected chi connectivity index (χ3v) is 11.9. The van der Waals surface area contributed by atoms with Crippen molar-refractivity contribution in [1.82, 2.24) is 37.2 Å². The van der Waals surface area contributed by atoms with E-state index in [2.05, 4.69) is 53.7 Å². The van der Waals surface area contributed by atoms with Crippen LogP contribution in [-0.4, -0.2) is 132 Å². The number of rotatable bonds is 15. The van der Waals surface area contributed by atoms with Crippen LogP contribution in [0.1, 0.15) is 92.1 Å². The minimum Gasteiger partial charge on any atom is -0.372 e. The molecule has 4 atom stereocenters. The number of carbonyl (C=O) groups excluding carboxylic acids is 10. The number of hydrogen-bond donors (Lipinski definition) is 13. The van der Waals surface area contributed by atoms with Crippen LogP contribution in [0.4, 0.5) is 0 Å². The topological polar surface area (TPSA) is 423 Å². The molecule has 2 rings (SSSR count). The highest BCUT2D eigenvalue weighted by molar-refractivity contribution is 8.76. The van der Waals surface area contributed by atoms with Gasteiger partial charge in [0.15, 0.2) is 5.96 Å². The summed E-state index contributed by atoms with van der Waals surface area (Å²) < 4.78 is 0. The maximum Gasteiger partial charge on any atom is 0.245 e. The molecule has 390 valence electrons. The van der Waals surface area contributed by atoms with Gasteiger partial charge in [0.2, 0.25) is 60.1 Å². The van der Waals surface area contributed by atoms with E-state index < -0.39 is 64.8 Å². The van der Waals surface area contributed by atoms with E-state index in [1.807, 2.05) is 0 Å². The maximum absolute atomic E-state index is 13.4. The summed E-state index contributed by atoms with van der Waals surface area (Å²) >= 11 is 5.80. The maximum atomic E-state index is 13.4. The summed E-state index contributed by atoms with van der Waals surface area (Å²) in [4.78, 5) is 121. The molecular formula is C42H73ClN14O10S2. The summed E-state index contributed by atoms with van der Waals surface area (Å²) in [6, 6.07) is 3.34. The molecule has 10 amide bonds. The summed E-state index contributed by atoms with van der Waals surface area (Å²) in [7, 11) is 3.00. The minimum absolute atomic E-state index is 0.0961. The van der Waals surface area contributed by atoms with Gasteiger partial charge in [-0.1, -0.05) is 52.2 Å². The Labute approximate surface area is 416 Å². The van der Waals surface area contributed by atoms with Gasteiger partial charge in [-0.25, -0.2) is 0 Å². The first kappa shape index (κ1) is 65.2. The molecule has 27 heteroatoms. The highest BCUT2D eigenvalue weighted by Crippen LogP contribution is 2.21. The highest BCUT2D eigenvalue weighted by atomic mass is 35.5. The fraction of sp³-hybridized carbons (Fsp3) is 0.595. The first-order chi connectivity index (χ1) is 32.3. The van der Waals surface area contributed by atoms with Crippen molar-refractivity contribution in [3.05, 3.63) is 34.9 Å². The predicted molar refractivity (Wildman–Crippen MR) is 268 cm³/mol. The molecule has 0 radical (unpaired) electrons. The van der Waals surface area contributed by atoms with E-state index in [0.717, 1.165) is 5.56 Å². The molecule has 1 saturated heterocycles. The smallest absolute Gasteiger partial charge is 0.245 e. The second kappa shape index (κ2) is 36.2. The first-order valence-electron chi connectivity index (χ1n) is 21.8. The summed E-state index contributed by atoms with van der Waals surface area (Å²) in [5.74, 6) is -2.73. The lowest BCUT2D eigenvalue weighted by molar-refractivity contribution is -0.137. The average Bonchev–Trinajstić information content (AvgIpc) is 3.25. The fourth-order valence-electron chi connectivity index (χ4n) is 5.72. The van der Waals surface area contributed by atoms with Crippen molar-refractivity contribution in [3.8, 4) is 0 Å². The first-order valence-corrected chi connectivity index (χ1v) is 24.7. The Bertz CT molecular complexity index is 1830. The second-order valence-electron chi connectivity index (χ2n) is 16.0. The number of nitrogens with two attached hydrogens (primary N) is 6.